The van der Waals surface area contributed by atoms with Crippen molar-refractivity contribution in [2.75, 3.05) is 11.7 Å². The third-order valence-electron chi connectivity index (χ3n) is 5.92. The highest BCUT2D eigenvalue weighted by molar-refractivity contribution is 7.17. The van der Waals surface area contributed by atoms with Gasteiger partial charge >= 0.3 is 0 Å². The quantitative estimate of drug-likeness (QED) is 0.353. The van der Waals surface area contributed by atoms with Crippen LogP contribution in [0.1, 0.15) is 26.3 Å². The van der Waals surface area contributed by atoms with E-state index in [-0.39, 0.29) is 12.4 Å². The molecule has 2 aromatic carbocycles. The summed E-state index contributed by atoms with van der Waals surface area (Å²) < 4.78 is 10.9. The van der Waals surface area contributed by atoms with Crippen LogP contribution in [-0.4, -0.2) is 28.6 Å². The number of Topliss-reactive ketones (excluding diaryl/α,β-unsaturated/α-hetero) is 1. The molecule has 1 N–H and O–H groups in total. The first-order valence-electron chi connectivity index (χ1n) is 10.8. The van der Waals surface area contributed by atoms with Gasteiger partial charge in [-0.25, -0.2) is 4.98 Å². The second kappa shape index (κ2) is 8.37. The van der Waals surface area contributed by atoms with Gasteiger partial charge in [-0.15, -0.1) is 22.7 Å². The number of aryl methyl sites for hydroxylation is 1. The summed E-state index contributed by atoms with van der Waals surface area (Å²) in [4.78, 5) is 34.4. The summed E-state index contributed by atoms with van der Waals surface area (Å²) in [6.07, 6.45) is 0. The van der Waals surface area contributed by atoms with Gasteiger partial charge in [-0.05, 0) is 30.5 Å². The fraction of sp³-hybridized carbons (Fsp3) is 0.115. The molecule has 0 bridgehead atoms. The first kappa shape index (κ1) is 21.6. The van der Waals surface area contributed by atoms with E-state index in [0.29, 0.717) is 32.8 Å². The monoisotopic (exact) mass is 502 g/mol. The second-order valence-corrected chi connectivity index (χ2v) is 10.0. The normalized spacial score (nSPS) is 16.9. The highest BCUT2D eigenvalue weighted by atomic mass is 32.1. The number of ketones is 1. The zero-order valence-electron chi connectivity index (χ0n) is 18.4. The van der Waals surface area contributed by atoms with Gasteiger partial charge in [0.1, 0.15) is 11.0 Å². The molecule has 2 aromatic heterocycles. The number of benzene rings is 2. The topological polar surface area (TPSA) is 89.0 Å². The highest BCUT2D eigenvalue weighted by Gasteiger charge is 2.46. The van der Waals surface area contributed by atoms with Crippen molar-refractivity contribution in [3.05, 3.63) is 92.8 Å². The number of ether oxygens (including phenoxy) is 2. The first-order chi connectivity index (χ1) is 17.0. The molecule has 0 saturated heterocycles. The summed E-state index contributed by atoms with van der Waals surface area (Å²) in [5, 5.41) is 13.6. The van der Waals surface area contributed by atoms with Gasteiger partial charge in [0.15, 0.2) is 17.3 Å². The molecule has 0 saturated carbocycles. The van der Waals surface area contributed by atoms with E-state index in [9.17, 15) is 14.7 Å². The maximum Gasteiger partial charge on any atom is 0.294 e. The minimum atomic E-state index is -0.781. The van der Waals surface area contributed by atoms with Crippen LogP contribution in [0.15, 0.2) is 77.4 Å². The SMILES string of the molecule is Cc1nc(-c2ccccc2)sc1C(=O)C1=C(O)C(=O)N(c2ccc3c(c2)OCO3)C1c1cccs1. The second-order valence-electron chi connectivity index (χ2n) is 8.02. The molecule has 2 aliphatic heterocycles. The third kappa shape index (κ3) is 3.51. The van der Waals surface area contributed by atoms with Crippen LogP contribution in [-0.2, 0) is 4.79 Å². The van der Waals surface area contributed by atoms with Crippen LogP contribution in [0.2, 0.25) is 0 Å². The van der Waals surface area contributed by atoms with E-state index in [1.165, 1.54) is 27.6 Å². The molecule has 4 aromatic rings. The van der Waals surface area contributed by atoms with Crippen molar-refractivity contribution in [3.8, 4) is 22.1 Å². The number of carbonyl (C=O) groups excluding carboxylic acids is 2. The summed E-state index contributed by atoms with van der Waals surface area (Å²) in [6.45, 7) is 1.86. The largest absolute Gasteiger partial charge is 0.503 e. The van der Waals surface area contributed by atoms with E-state index in [1.54, 1.807) is 25.1 Å². The molecule has 4 heterocycles. The Morgan fingerprint density at radius 1 is 1.09 bits per heavy atom. The smallest absolute Gasteiger partial charge is 0.294 e. The summed E-state index contributed by atoms with van der Waals surface area (Å²) in [7, 11) is 0. The molecule has 35 heavy (non-hydrogen) atoms. The van der Waals surface area contributed by atoms with E-state index in [2.05, 4.69) is 4.98 Å². The van der Waals surface area contributed by atoms with Crippen molar-refractivity contribution in [3.63, 3.8) is 0 Å². The third-order valence-corrected chi connectivity index (χ3v) is 8.05. The number of amides is 1. The number of rotatable bonds is 5. The van der Waals surface area contributed by atoms with Crippen LogP contribution >= 0.6 is 22.7 Å². The predicted molar refractivity (Wildman–Crippen MR) is 133 cm³/mol. The minimum Gasteiger partial charge on any atom is -0.503 e. The molecule has 0 spiro atoms. The Morgan fingerprint density at radius 2 is 1.89 bits per heavy atom. The summed E-state index contributed by atoms with van der Waals surface area (Å²) in [5.41, 5.74) is 2.00. The number of anilines is 1. The molecule has 2 aliphatic rings. The zero-order valence-corrected chi connectivity index (χ0v) is 20.1. The molecule has 1 amide bonds. The molecule has 7 nitrogen and oxygen atoms in total. The summed E-state index contributed by atoms with van der Waals surface area (Å²) in [6, 6.07) is 17.6. The lowest BCUT2D eigenvalue weighted by Crippen LogP contribution is -2.30. The maximum atomic E-state index is 13.9. The van der Waals surface area contributed by atoms with Crippen LogP contribution in [0, 0.1) is 6.92 Å². The number of thiophene rings is 1. The van der Waals surface area contributed by atoms with E-state index >= 15 is 0 Å². The predicted octanol–water partition coefficient (Wildman–Crippen LogP) is 5.69. The van der Waals surface area contributed by atoms with Gasteiger partial charge in [0.2, 0.25) is 12.6 Å². The Hall–Kier alpha value is -3.95. The van der Waals surface area contributed by atoms with Crippen LogP contribution in [0.25, 0.3) is 10.6 Å². The van der Waals surface area contributed by atoms with Gasteiger partial charge in [0, 0.05) is 22.2 Å². The van der Waals surface area contributed by atoms with Crippen molar-refractivity contribution in [1.29, 1.82) is 0 Å². The Kier molecular flexibility index (Phi) is 5.16. The Labute approximate surface area is 208 Å². The number of fused-ring (bicyclic) bond motifs is 1. The van der Waals surface area contributed by atoms with Crippen LogP contribution in [0.4, 0.5) is 5.69 Å². The summed E-state index contributed by atoms with van der Waals surface area (Å²) in [5.74, 6) is -0.522. The van der Waals surface area contributed by atoms with Crippen molar-refractivity contribution in [2.45, 2.75) is 13.0 Å². The Bertz CT molecular complexity index is 1490. The van der Waals surface area contributed by atoms with Gasteiger partial charge in [-0.2, -0.15) is 0 Å². The van der Waals surface area contributed by atoms with Crippen LogP contribution in [0.5, 0.6) is 11.5 Å². The number of carbonyl (C=O) groups is 2. The molecule has 174 valence electrons. The molecule has 1 unspecified atom stereocenters. The lowest BCUT2D eigenvalue weighted by Gasteiger charge is -2.25. The van der Waals surface area contributed by atoms with E-state index < -0.39 is 23.5 Å². The van der Waals surface area contributed by atoms with Crippen molar-refractivity contribution >= 4 is 40.1 Å². The van der Waals surface area contributed by atoms with E-state index in [0.717, 1.165) is 10.4 Å². The number of aromatic nitrogens is 1. The molecule has 6 rings (SSSR count). The molecule has 0 aliphatic carbocycles. The average Bonchev–Trinajstić information content (AvgIpc) is 3.66. The number of thiazole rings is 1. The van der Waals surface area contributed by atoms with Crippen LogP contribution < -0.4 is 14.4 Å². The fourth-order valence-electron chi connectivity index (χ4n) is 4.29. The van der Waals surface area contributed by atoms with Gasteiger partial charge in [0.05, 0.1) is 16.1 Å². The number of hydrogen-bond donors (Lipinski definition) is 1. The zero-order chi connectivity index (χ0) is 24.1. The van der Waals surface area contributed by atoms with Crippen molar-refractivity contribution in [1.82, 2.24) is 4.98 Å². The minimum absolute atomic E-state index is 0.0430. The number of aliphatic hydroxyl groups excluding tert-OH is 1. The Morgan fingerprint density at radius 3 is 2.66 bits per heavy atom. The lowest BCUT2D eigenvalue weighted by atomic mass is 10.00. The Balaban J connectivity index is 1.44. The molecular formula is C26H18N2O5S2. The molecule has 0 radical (unpaired) electrons. The maximum absolute atomic E-state index is 13.9. The standard InChI is InChI=1S/C26H18N2O5S2/c1-14-24(35-25(27-14)15-6-3-2-4-7-15)22(29)20-21(19-8-5-11-34-19)28(26(31)23(20)30)16-9-10-17-18(12-16)33-13-32-17/h2-12,21,30H,13H2,1H3. The number of aliphatic hydroxyl groups is 1. The van der Waals surface area contributed by atoms with Crippen molar-refractivity contribution in [2.24, 2.45) is 0 Å². The summed E-state index contributed by atoms with van der Waals surface area (Å²) >= 11 is 2.67. The highest BCUT2D eigenvalue weighted by Crippen LogP contribution is 2.46. The molecule has 0 fully saturated rings. The number of hydrogen-bond acceptors (Lipinski definition) is 8. The molecule has 9 heteroatoms. The van der Waals surface area contributed by atoms with Crippen molar-refractivity contribution < 1.29 is 24.2 Å². The van der Waals surface area contributed by atoms with Gasteiger partial charge < -0.3 is 14.6 Å². The average molecular weight is 503 g/mol. The molecule has 1 atom stereocenters. The lowest BCUT2D eigenvalue weighted by molar-refractivity contribution is -0.117. The van der Waals surface area contributed by atoms with Gasteiger partial charge in [-0.1, -0.05) is 36.4 Å². The van der Waals surface area contributed by atoms with Gasteiger partial charge in [0.25, 0.3) is 5.91 Å². The number of nitrogens with zero attached hydrogens (tertiary/aromatic N) is 2. The van der Waals surface area contributed by atoms with E-state index in [4.69, 9.17) is 9.47 Å². The fourth-order valence-corrected chi connectivity index (χ4v) is 6.14. The first-order valence-corrected chi connectivity index (χ1v) is 12.5. The molecular weight excluding hydrogens is 484 g/mol. The van der Waals surface area contributed by atoms with Crippen LogP contribution in [0.3, 0.4) is 0 Å². The van der Waals surface area contributed by atoms with E-state index in [1.807, 2.05) is 47.8 Å². The van der Waals surface area contributed by atoms with Gasteiger partial charge in [-0.3, -0.25) is 14.5 Å².